The zero-order chi connectivity index (χ0) is 19.7. The molecular weight excluding hydrogens is 356 g/mol. The minimum absolute atomic E-state index is 0.0232. The molecule has 1 aromatic rings. The molecule has 2 aliphatic heterocycles. The quantitative estimate of drug-likeness (QED) is 0.578. The molecule has 150 valence electrons. The first kappa shape index (κ1) is 19.1. The topological polar surface area (TPSA) is 66.9 Å². The first-order chi connectivity index (χ1) is 13.6. The summed E-state index contributed by atoms with van der Waals surface area (Å²) in [5.74, 6) is 0.762. The summed E-state index contributed by atoms with van der Waals surface area (Å²) in [7, 11) is 1.59. The average Bonchev–Trinajstić information content (AvgIpc) is 2.97. The summed E-state index contributed by atoms with van der Waals surface area (Å²) in [4.78, 5) is 41.4. The van der Waals surface area contributed by atoms with Crippen LogP contribution in [-0.4, -0.2) is 60.9 Å². The van der Waals surface area contributed by atoms with Crippen LogP contribution < -0.4 is 0 Å². The molecule has 0 bridgehead atoms. The summed E-state index contributed by atoms with van der Waals surface area (Å²) in [6.07, 6.45) is 6.76. The van der Waals surface area contributed by atoms with Crippen molar-refractivity contribution in [2.75, 3.05) is 33.4 Å². The van der Waals surface area contributed by atoms with Crippen molar-refractivity contribution in [1.82, 2.24) is 9.80 Å². The third-order valence-corrected chi connectivity index (χ3v) is 6.53. The summed E-state index contributed by atoms with van der Waals surface area (Å²) in [5.41, 5.74) is 1.25. The second-order valence-electron chi connectivity index (χ2n) is 8.21. The monoisotopic (exact) mass is 384 g/mol. The smallest absolute Gasteiger partial charge is 0.261 e. The SMILES string of the molecule is COCCCN1C(=O)c2ccc(C(=O)N3CC[C@H]4CCCC[C@@H]4C3)cc2C1=O. The molecule has 0 spiro atoms. The fourth-order valence-electron chi connectivity index (χ4n) is 4.96. The highest BCUT2D eigenvalue weighted by Gasteiger charge is 2.37. The van der Waals surface area contributed by atoms with Gasteiger partial charge in [0.1, 0.15) is 0 Å². The van der Waals surface area contributed by atoms with Gasteiger partial charge in [-0.1, -0.05) is 19.3 Å². The number of ether oxygens (including phenoxy) is 1. The van der Waals surface area contributed by atoms with Crippen molar-refractivity contribution in [2.45, 2.75) is 38.5 Å². The number of nitrogens with zero attached hydrogens (tertiary/aromatic N) is 2. The number of piperidine rings is 1. The lowest BCUT2D eigenvalue weighted by molar-refractivity contribution is 0.0520. The molecule has 6 nitrogen and oxygen atoms in total. The standard InChI is InChI=1S/C22H28N2O4/c1-28-12-4-10-24-21(26)18-8-7-16(13-19(18)22(24)27)20(25)23-11-9-15-5-2-3-6-17(15)14-23/h7-8,13,15,17H,2-6,9-12,14H2,1H3/t15-,17-/m1/s1. The van der Waals surface area contributed by atoms with Gasteiger partial charge >= 0.3 is 0 Å². The molecule has 1 aromatic carbocycles. The predicted molar refractivity (Wildman–Crippen MR) is 104 cm³/mol. The van der Waals surface area contributed by atoms with Gasteiger partial charge < -0.3 is 9.64 Å². The van der Waals surface area contributed by atoms with Crippen molar-refractivity contribution in [3.63, 3.8) is 0 Å². The maximum absolute atomic E-state index is 13.1. The Morgan fingerprint density at radius 1 is 1.07 bits per heavy atom. The van der Waals surface area contributed by atoms with Gasteiger partial charge in [-0.15, -0.1) is 0 Å². The number of carbonyl (C=O) groups excluding carboxylic acids is 3. The second-order valence-corrected chi connectivity index (χ2v) is 8.21. The number of methoxy groups -OCH3 is 1. The van der Waals surface area contributed by atoms with Gasteiger partial charge in [0.15, 0.2) is 0 Å². The van der Waals surface area contributed by atoms with Crippen molar-refractivity contribution in [3.05, 3.63) is 34.9 Å². The Morgan fingerprint density at radius 3 is 2.61 bits per heavy atom. The first-order valence-corrected chi connectivity index (χ1v) is 10.4. The molecule has 0 unspecified atom stereocenters. The van der Waals surface area contributed by atoms with Gasteiger partial charge in [0, 0.05) is 38.9 Å². The highest BCUT2D eigenvalue weighted by molar-refractivity contribution is 6.22. The van der Waals surface area contributed by atoms with E-state index in [9.17, 15) is 14.4 Å². The Balaban J connectivity index is 1.48. The molecule has 3 amide bonds. The summed E-state index contributed by atoms with van der Waals surface area (Å²) in [6, 6.07) is 4.94. The Bertz CT molecular complexity index is 791. The van der Waals surface area contributed by atoms with Gasteiger partial charge in [-0.05, 0) is 49.3 Å². The van der Waals surface area contributed by atoms with E-state index in [0.717, 1.165) is 25.4 Å². The van der Waals surface area contributed by atoms with E-state index >= 15 is 0 Å². The van der Waals surface area contributed by atoms with Crippen LogP contribution in [0.15, 0.2) is 18.2 Å². The normalized spacial score (nSPS) is 24.3. The third-order valence-electron chi connectivity index (χ3n) is 6.53. The lowest BCUT2D eigenvalue weighted by Gasteiger charge is -2.41. The number of imide groups is 1. The fraction of sp³-hybridized carbons (Fsp3) is 0.591. The number of likely N-dealkylation sites (tertiary alicyclic amines) is 1. The van der Waals surface area contributed by atoms with Crippen LogP contribution in [0.2, 0.25) is 0 Å². The van der Waals surface area contributed by atoms with E-state index in [2.05, 4.69) is 0 Å². The average molecular weight is 384 g/mol. The zero-order valence-electron chi connectivity index (χ0n) is 16.5. The van der Waals surface area contributed by atoms with E-state index in [1.54, 1.807) is 25.3 Å². The van der Waals surface area contributed by atoms with Crippen LogP contribution in [0.5, 0.6) is 0 Å². The summed E-state index contributed by atoms with van der Waals surface area (Å²) in [5, 5.41) is 0. The molecule has 28 heavy (non-hydrogen) atoms. The van der Waals surface area contributed by atoms with Crippen molar-refractivity contribution < 1.29 is 19.1 Å². The van der Waals surface area contributed by atoms with E-state index in [1.807, 2.05) is 4.90 Å². The molecule has 1 saturated carbocycles. The van der Waals surface area contributed by atoms with Crippen LogP contribution in [-0.2, 0) is 4.74 Å². The van der Waals surface area contributed by atoms with Gasteiger partial charge in [0.2, 0.25) is 0 Å². The molecule has 1 saturated heterocycles. The van der Waals surface area contributed by atoms with Crippen molar-refractivity contribution >= 4 is 17.7 Å². The Hall–Kier alpha value is -2.21. The summed E-state index contributed by atoms with van der Waals surface area (Å²) >= 11 is 0. The van der Waals surface area contributed by atoms with Gasteiger partial charge in [0.05, 0.1) is 11.1 Å². The van der Waals surface area contributed by atoms with Gasteiger partial charge in [-0.25, -0.2) is 0 Å². The number of benzene rings is 1. The largest absolute Gasteiger partial charge is 0.385 e. The molecule has 1 aliphatic carbocycles. The Kier molecular flexibility index (Phi) is 5.49. The number of rotatable bonds is 5. The molecule has 0 aromatic heterocycles. The van der Waals surface area contributed by atoms with Gasteiger partial charge in [0.25, 0.3) is 17.7 Å². The lowest BCUT2D eigenvalue weighted by atomic mass is 9.75. The third kappa shape index (κ3) is 3.46. The highest BCUT2D eigenvalue weighted by Crippen LogP contribution is 2.36. The summed E-state index contributed by atoms with van der Waals surface area (Å²) < 4.78 is 5.01. The number of carbonyl (C=O) groups is 3. The van der Waals surface area contributed by atoms with Crippen LogP contribution in [0, 0.1) is 11.8 Å². The maximum Gasteiger partial charge on any atom is 0.261 e. The number of hydrogen-bond acceptors (Lipinski definition) is 4. The van der Waals surface area contributed by atoms with Crippen LogP contribution >= 0.6 is 0 Å². The second kappa shape index (κ2) is 8.03. The fourth-order valence-corrected chi connectivity index (χ4v) is 4.96. The van der Waals surface area contributed by atoms with Crippen LogP contribution in [0.25, 0.3) is 0 Å². The van der Waals surface area contributed by atoms with E-state index in [-0.39, 0.29) is 17.7 Å². The van der Waals surface area contributed by atoms with Crippen LogP contribution in [0.4, 0.5) is 0 Å². The zero-order valence-corrected chi connectivity index (χ0v) is 16.5. The van der Waals surface area contributed by atoms with Crippen LogP contribution in [0.1, 0.15) is 69.6 Å². The van der Waals surface area contributed by atoms with E-state index in [0.29, 0.717) is 42.2 Å². The molecule has 0 radical (unpaired) electrons. The minimum atomic E-state index is -0.309. The number of hydrogen-bond donors (Lipinski definition) is 0. The predicted octanol–water partition coefficient (Wildman–Crippen LogP) is 2.97. The molecule has 2 fully saturated rings. The van der Waals surface area contributed by atoms with Gasteiger partial charge in [-0.2, -0.15) is 0 Å². The molecular formula is C22H28N2O4. The van der Waals surface area contributed by atoms with Gasteiger partial charge in [-0.3, -0.25) is 19.3 Å². The molecule has 4 rings (SSSR count). The van der Waals surface area contributed by atoms with Crippen molar-refractivity contribution in [1.29, 1.82) is 0 Å². The van der Waals surface area contributed by atoms with Crippen molar-refractivity contribution in [3.8, 4) is 0 Å². The minimum Gasteiger partial charge on any atom is -0.385 e. The molecule has 0 N–H and O–H groups in total. The first-order valence-electron chi connectivity index (χ1n) is 10.4. The maximum atomic E-state index is 13.1. The molecule has 2 heterocycles. The molecule has 3 aliphatic rings. The van der Waals surface area contributed by atoms with Crippen LogP contribution in [0.3, 0.4) is 0 Å². The summed E-state index contributed by atoms with van der Waals surface area (Å²) in [6.45, 7) is 2.43. The highest BCUT2D eigenvalue weighted by atomic mass is 16.5. The lowest BCUT2D eigenvalue weighted by Crippen LogP contribution is -2.44. The Labute approximate surface area is 165 Å². The number of amides is 3. The molecule has 6 heteroatoms. The number of fused-ring (bicyclic) bond motifs is 2. The Morgan fingerprint density at radius 2 is 1.82 bits per heavy atom. The molecule has 2 atom stereocenters. The van der Waals surface area contributed by atoms with E-state index < -0.39 is 0 Å². The van der Waals surface area contributed by atoms with E-state index in [1.165, 1.54) is 30.6 Å². The van der Waals surface area contributed by atoms with E-state index in [4.69, 9.17) is 4.74 Å². The van der Waals surface area contributed by atoms with Crippen molar-refractivity contribution in [2.24, 2.45) is 11.8 Å².